The van der Waals surface area contributed by atoms with Crippen LogP contribution in [0.2, 0.25) is 0 Å². The number of alkyl halides is 3. The predicted molar refractivity (Wildman–Crippen MR) is 24.9 cm³/mol. The van der Waals surface area contributed by atoms with E-state index in [2.05, 4.69) is 5.14 Å². The molecule has 9 heavy (non-hydrogen) atoms. The van der Waals surface area contributed by atoms with Crippen LogP contribution in [-0.2, 0) is 10.0 Å². The van der Waals surface area contributed by atoms with Crippen LogP contribution < -0.4 is 5.14 Å². The van der Waals surface area contributed by atoms with Crippen LogP contribution in [0.15, 0.2) is 0 Å². The van der Waals surface area contributed by atoms with Crippen LogP contribution >= 0.6 is 0 Å². The van der Waals surface area contributed by atoms with Crippen LogP contribution in [0.25, 0.3) is 0 Å². The molecule has 0 heterocycles. The molecule has 0 spiro atoms. The summed E-state index contributed by atoms with van der Waals surface area (Å²) in [4.78, 5) is 0. The summed E-state index contributed by atoms with van der Waals surface area (Å²) in [7, 11) is -5.34. The minimum Gasteiger partial charge on any atom is -0.221 e. The topological polar surface area (TPSA) is 60.2 Å². The van der Waals surface area contributed by atoms with Crippen LogP contribution in [-0.4, -0.2) is 32.8 Å². The molecule has 0 amide bonds. The van der Waals surface area contributed by atoms with Crippen LogP contribution in [0, 0.1) is 0 Å². The number of rotatable bonds is 0. The normalized spacial score (nSPS) is 12.4. The molecule has 8 heteroatoms. The summed E-state index contributed by atoms with van der Waals surface area (Å²) in [6.45, 7) is 0. The van der Waals surface area contributed by atoms with E-state index in [1.54, 1.807) is 0 Å². The summed E-state index contributed by atoms with van der Waals surface area (Å²) in [5.41, 5.74) is -5.31. The molecule has 0 saturated carbocycles. The molecule has 0 bridgehead atoms. The van der Waals surface area contributed by atoms with Crippen LogP contribution in [0.3, 0.4) is 0 Å². The van der Waals surface area contributed by atoms with Gasteiger partial charge in [0, 0.05) is 18.9 Å². The van der Waals surface area contributed by atoms with Crippen LogP contribution in [0.5, 0.6) is 0 Å². The van der Waals surface area contributed by atoms with Crippen molar-refractivity contribution in [3.05, 3.63) is 0 Å². The Morgan fingerprint density at radius 3 is 1.33 bits per heavy atom. The van der Waals surface area contributed by atoms with Crippen molar-refractivity contribution in [1.29, 1.82) is 0 Å². The average Bonchev–Trinajstić information content (AvgIpc) is 1.25. The minimum atomic E-state index is -5.34. The van der Waals surface area contributed by atoms with Crippen molar-refractivity contribution in [1.82, 2.24) is 0 Å². The molecule has 0 atom stereocenters. The Kier molecular flexibility index (Phi) is 3.90. The molecule has 0 fully saturated rings. The summed E-state index contributed by atoms with van der Waals surface area (Å²) in [5, 5.41) is 3.66. The third kappa shape index (κ3) is 3.81. The van der Waals surface area contributed by atoms with Gasteiger partial charge in [-0.2, -0.15) is 13.2 Å². The number of primary sulfonamides is 1. The van der Waals surface area contributed by atoms with Gasteiger partial charge in [0.2, 0.25) is 0 Å². The van der Waals surface area contributed by atoms with Crippen molar-refractivity contribution < 1.29 is 21.6 Å². The molecule has 0 aliphatic heterocycles. The van der Waals surface area contributed by atoms with Gasteiger partial charge >= 0.3 is 15.5 Å². The van der Waals surface area contributed by atoms with Crippen molar-refractivity contribution in [3.63, 3.8) is 0 Å². The first kappa shape index (κ1) is 12.0. The second-order valence-electron chi connectivity index (χ2n) is 0.991. The van der Waals surface area contributed by atoms with Crippen molar-refractivity contribution in [2.45, 2.75) is 5.51 Å². The molecule has 0 aliphatic carbocycles. The van der Waals surface area contributed by atoms with E-state index in [4.69, 9.17) is 0 Å². The zero-order chi connectivity index (χ0) is 7.00. The van der Waals surface area contributed by atoms with E-state index in [0.717, 1.165) is 0 Å². The maximum Gasteiger partial charge on any atom is 0.511 e. The average molecular weight is 156 g/mol. The molecule has 0 unspecified atom stereocenters. The van der Waals surface area contributed by atoms with Gasteiger partial charge in [-0.3, -0.25) is 0 Å². The van der Waals surface area contributed by atoms with Crippen molar-refractivity contribution in [3.8, 4) is 0 Å². The molecule has 0 rings (SSSR count). The van der Waals surface area contributed by atoms with Crippen molar-refractivity contribution in [2.75, 3.05) is 0 Å². The largest absolute Gasteiger partial charge is 0.511 e. The van der Waals surface area contributed by atoms with Gasteiger partial charge in [-0.05, 0) is 0 Å². The van der Waals surface area contributed by atoms with E-state index in [0.29, 0.717) is 0 Å². The third-order valence-electron chi connectivity index (χ3n) is 0.323. The molecule has 0 saturated heterocycles. The molecular formula is CH2F3LiNO2S. The number of sulfonamides is 1. The molecule has 2 N–H and O–H groups in total. The van der Waals surface area contributed by atoms with E-state index in [1.807, 2.05) is 0 Å². The number of nitrogens with two attached hydrogens (primary N) is 1. The SMILES string of the molecule is NS(=O)(=O)C(F)(F)F.[Li]. The number of halogens is 3. The molecule has 0 aliphatic rings. The molecule has 1 radical (unpaired) electrons. The van der Waals surface area contributed by atoms with Gasteiger partial charge in [0.1, 0.15) is 0 Å². The molecule has 3 nitrogen and oxygen atoms in total. The maximum absolute atomic E-state index is 10.8. The minimum absolute atomic E-state index is 0. The van der Waals surface area contributed by atoms with Gasteiger partial charge in [0.15, 0.2) is 0 Å². The fourth-order valence-corrected chi connectivity index (χ4v) is 0. The quantitative estimate of drug-likeness (QED) is 0.476. The maximum atomic E-state index is 10.8. The van der Waals surface area contributed by atoms with E-state index >= 15 is 0 Å². The predicted octanol–water partition coefficient (Wildman–Crippen LogP) is -0.586. The summed E-state index contributed by atoms with van der Waals surface area (Å²) >= 11 is 0. The Morgan fingerprint density at radius 2 is 1.33 bits per heavy atom. The van der Waals surface area contributed by atoms with Crippen LogP contribution in [0.4, 0.5) is 13.2 Å². The zero-order valence-corrected chi connectivity index (χ0v) is 5.25. The van der Waals surface area contributed by atoms with Crippen LogP contribution in [0.1, 0.15) is 0 Å². The molecular weight excluding hydrogens is 154 g/mol. The Bertz CT molecular complexity index is 171. The fourth-order valence-electron chi connectivity index (χ4n) is 0. The Morgan fingerprint density at radius 1 is 1.22 bits per heavy atom. The van der Waals surface area contributed by atoms with E-state index in [-0.39, 0.29) is 18.9 Å². The fraction of sp³-hybridized carbons (Fsp3) is 1.00. The van der Waals surface area contributed by atoms with Gasteiger partial charge in [0.05, 0.1) is 0 Å². The second kappa shape index (κ2) is 2.92. The van der Waals surface area contributed by atoms with Gasteiger partial charge < -0.3 is 0 Å². The zero-order valence-electron chi connectivity index (χ0n) is 4.44. The van der Waals surface area contributed by atoms with E-state index < -0.39 is 15.5 Å². The first-order chi connectivity index (χ1) is 3.25. The van der Waals surface area contributed by atoms with E-state index in [1.165, 1.54) is 0 Å². The summed E-state index contributed by atoms with van der Waals surface area (Å²) in [6.07, 6.45) is 0. The Balaban J connectivity index is 0. The van der Waals surface area contributed by atoms with Crippen molar-refractivity contribution in [2.24, 2.45) is 5.14 Å². The van der Waals surface area contributed by atoms with E-state index in [9.17, 15) is 21.6 Å². The standard InChI is InChI=1S/CH2F3NO2S.Li/c2-1(3,4)8(5,6)7;/h(H2,5,6,7);. The molecule has 0 aromatic heterocycles. The first-order valence-electron chi connectivity index (χ1n) is 1.34. The smallest absolute Gasteiger partial charge is 0.221 e. The molecule has 0 aromatic carbocycles. The first-order valence-corrected chi connectivity index (χ1v) is 2.89. The summed E-state index contributed by atoms with van der Waals surface area (Å²) < 4.78 is 51.2. The Hall–Kier alpha value is 0.297. The monoisotopic (exact) mass is 156 g/mol. The van der Waals surface area contributed by atoms with Crippen molar-refractivity contribution >= 4 is 28.9 Å². The molecule has 0 aromatic rings. The summed E-state index contributed by atoms with van der Waals surface area (Å²) in [5.74, 6) is 0. The number of hydrogen-bond acceptors (Lipinski definition) is 2. The second-order valence-corrected chi connectivity index (χ2v) is 2.54. The number of hydrogen-bond donors (Lipinski definition) is 1. The van der Waals surface area contributed by atoms with Gasteiger partial charge in [-0.15, -0.1) is 0 Å². The third-order valence-corrected chi connectivity index (χ3v) is 0.968. The summed E-state index contributed by atoms with van der Waals surface area (Å²) in [6, 6.07) is 0. The van der Waals surface area contributed by atoms with Gasteiger partial charge in [-0.1, -0.05) is 0 Å². The molecule has 51 valence electrons. The Labute approximate surface area is 61.6 Å². The van der Waals surface area contributed by atoms with Gasteiger partial charge in [-0.25, -0.2) is 13.6 Å². The van der Waals surface area contributed by atoms with Gasteiger partial charge in [0.25, 0.3) is 0 Å².